The molecular formula is C8H16N4O. The highest BCUT2D eigenvalue weighted by Gasteiger charge is 2.16. The third kappa shape index (κ3) is 3.20. The van der Waals surface area contributed by atoms with Crippen LogP contribution in [-0.2, 0) is 0 Å². The molecule has 1 rings (SSSR count). The molecule has 1 aliphatic heterocycles. The lowest BCUT2D eigenvalue weighted by atomic mass is 10.2. The first-order valence-electron chi connectivity index (χ1n) is 4.50. The van der Waals surface area contributed by atoms with E-state index in [9.17, 15) is 0 Å². The largest absolute Gasteiger partial charge is 0.394 e. The van der Waals surface area contributed by atoms with Crippen LogP contribution in [0.15, 0.2) is 15.2 Å². The zero-order chi connectivity index (χ0) is 9.68. The lowest BCUT2D eigenvalue weighted by Crippen LogP contribution is -2.40. The van der Waals surface area contributed by atoms with Gasteiger partial charge in [0, 0.05) is 0 Å². The summed E-state index contributed by atoms with van der Waals surface area (Å²) >= 11 is 0. The molecule has 74 valence electrons. The fourth-order valence-corrected chi connectivity index (χ4v) is 1.04. The predicted molar refractivity (Wildman–Crippen MR) is 50.9 cm³/mol. The van der Waals surface area contributed by atoms with Crippen LogP contribution in [0.2, 0.25) is 0 Å². The molecule has 0 aromatic heterocycles. The van der Waals surface area contributed by atoms with E-state index in [-0.39, 0.29) is 12.6 Å². The molecule has 0 saturated carbocycles. The number of aliphatic imine (C=N–C) groups is 1. The van der Waals surface area contributed by atoms with Crippen molar-refractivity contribution in [2.75, 3.05) is 19.8 Å². The van der Waals surface area contributed by atoms with Gasteiger partial charge in [-0.1, -0.05) is 13.8 Å². The second kappa shape index (κ2) is 5.04. The molecule has 0 aromatic rings. The van der Waals surface area contributed by atoms with Gasteiger partial charge >= 0.3 is 0 Å². The van der Waals surface area contributed by atoms with Crippen LogP contribution in [0.25, 0.3) is 0 Å². The number of aliphatic hydroxyl groups is 1. The number of nitrogens with zero attached hydrogens (tertiary/aromatic N) is 3. The van der Waals surface area contributed by atoms with Gasteiger partial charge in [-0.05, 0) is 12.5 Å². The zero-order valence-electron chi connectivity index (χ0n) is 8.06. The molecule has 0 radical (unpaired) electrons. The third-order valence-electron chi connectivity index (χ3n) is 1.74. The Morgan fingerprint density at radius 2 is 2.31 bits per heavy atom. The van der Waals surface area contributed by atoms with Crippen LogP contribution < -0.4 is 5.32 Å². The van der Waals surface area contributed by atoms with Crippen LogP contribution in [0.3, 0.4) is 0 Å². The SMILES string of the molecule is CC(C)CNC(CO)C1=NCN=N1. The van der Waals surface area contributed by atoms with Gasteiger partial charge in [0.1, 0.15) is 0 Å². The molecule has 0 amide bonds. The molecule has 5 heteroatoms. The summed E-state index contributed by atoms with van der Waals surface area (Å²) in [4.78, 5) is 4.05. The fourth-order valence-electron chi connectivity index (χ4n) is 1.04. The van der Waals surface area contributed by atoms with Gasteiger partial charge in [-0.15, -0.1) is 5.11 Å². The number of aliphatic hydroxyl groups excluding tert-OH is 1. The highest BCUT2D eigenvalue weighted by molar-refractivity contribution is 5.88. The Balaban J connectivity index is 2.38. The van der Waals surface area contributed by atoms with E-state index in [0.29, 0.717) is 18.4 Å². The zero-order valence-corrected chi connectivity index (χ0v) is 8.06. The Morgan fingerprint density at radius 3 is 2.77 bits per heavy atom. The van der Waals surface area contributed by atoms with Crippen molar-refractivity contribution in [3.63, 3.8) is 0 Å². The lowest BCUT2D eigenvalue weighted by molar-refractivity contribution is 0.268. The van der Waals surface area contributed by atoms with Gasteiger partial charge < -0.3 is 10.4 Å². The Labute approximate surface area is 78.0 Å². The molecule has 0 aromatic carbocycles. The summed E-state index contributed by atoms with van der Waals surface area (Å²) in [5.74, 6) is 1.16. The van der Waals surface area contributed by atoms with E-state index in [4.69, 9.17) is 5.11 Å². The molecule has 13 heavy (non-hydrogen) atoms. The number of amidine groups is 1. The number of nitrogens with one attached hydrogen (secondary N) is 1. The average Bonchev–Trinajstić information content (AvgIpc) is 2.58. The van der Waals surface area contributed by atoms with Gasteiger partial charge in [-0.25, -0.2) is 4.99 Å². The molecule has 0 aliphatic carbocycles. The minimum Gasteiger partial charge on any atom is -0.394 e. The first kappa shape index (κ1) is 10.3. The highest BCUT2D eigenvalue weighted by atomic mass is 16.3. The predicted octanol–water partition coefficient (Wildman–Crippen LogP) is 0.415. The number of hydrogen-bond donors (Lipinski definition) is 2. The van der Waals surface area contributed by atoms with E-state index in [2.05, 4.69) is 34.4 Å². The lowest BCUT2D eigenvalue weighted by Gasteiger charge is -2.15. The number of rotatable bonds is 5. The average molecular weight is 184 g/mol. The van der Waals surface area contributed by atoms with Crippen molar-refractivity contribution in [2.24, 2.45) is 21.1 Å². The summed E-state index contributed by atoms with van der Waals surface area (Å²) in [6.07, 6.45) is 0. The molecule has 1 aliphatic rings. The second-order valence-electron chi connectivity index (χ2n) is 3.44. The minimum absolute atomic E-state index is 0.0184. The van der Waals surface area contributed by atoms with Gasteiger partial charge in [-0.2, -0.15) is 5.11 Å². The fraction of sp³-hybridized carbons (Fsp3) is 0.875. The monoisotopic (exact) mass is 184 g/mol. The normalized spacial score (nSPS) is 18.0. The van der Waals surface area contributed by atoms with Crippen molar-refractivity contribution >= 4 is 5.84 Å². The van der Waals surface area contributed by atoms with Gasteiger partial charge in [0.15, 0.2) is 12.5 Å². The van der Waals surface area contributed by atoms with Crippen LogP contribution in [0, 0.1) is 5.92 Å². The first-order chi connectivity index (χ1) is 6.24. The third-order valence-corrected chi connectivity index (χ3v) is 1.74. The maximum absolute atomic E-state index is 9.05. The van der Waals surface area contributed by atoms with Gasteiger partial charge in [0.25, 0.3) is 0 Å². The second-order valence-corrected chi connectivity index (χ2v) is 3.44. The van der Waals surface area contributed by atoms with Crippen LogP contribution in [0.4, 0.5) is 0 Å². The molecule has 0 fully saturated rings. The summed E-state index contributed by atoms with van der Waals surface area (Å²) < 4.78 is 0. The topological polar surface area (TPSA) is 69.3 Å². The first-order valence-corrected chi connectivity index (χ1v) is 4.50. The van der Waals surface area contributed by atoms with E-state index in [1.165, 1.54) is 0 Å². The Morgan fingerprint density at radius 1 is 1.54 bits per heavy atom. The van der Waals surface area contributed by atoms with Crippen molar-refractivity contribution in [3.8, 4) is 0 Å². The maximum atomic E-state index is 9.05. The van der Waals surface area contributed by atoms with E-state index >= 15 is 0 Å². The van der Waals surface area contributed by atoms with Crippen LogP contribution in [0.5, 0.6) is 0 Å². The van der Waals surface area contributed by atoms with Crippen LogP contribution in [-0.4, -0.2) is 36.8 Å². The number of azo groups is 1. The van der Waals surface area contributed by atoms with E-state index in [0.717, 1.165) is 6.54 Å². The molecule has 2 N–H and O–H groups in total. The van der Waals surface area contributed by atoms with Gasteiger partial charge in [0.05, 0.1) is 12.6 Å². The van der Waals surface area contributed by atoms with Crippen molar-refractivity contribution in [1.82, 2.24) is 5.32 Å². The Bertz CT molecular complexity index is 212. The van der Waals surface area contributed by atoms with E-state index in [1.54, 1.807) is 0 Å². The molecule has 0 spiro atoms. The molecule has 1 atom stereocenters. The molecule has 0 bridgehead atoms. The van der Waals surface area contributed by atoms with Crippen molar-refractivity contribution in [2.45, 2.75) is 19.9 Å². The quantitative estimate of drug-likeness (QED) is 0.650. The molecule has 0 saturated heterocycles. The summed E-state index contributed by atoms with van der Waals surface area (Å²) in [6.45, 7) is 5.48. The highest BCUT2D eigenvalue weighted by Crippen LogP contribution is 2.00. The van der Waals surface area contributed by atoms with Crippen LogP contribution in [0.1, 0.15) is 13.8 Å². The summed E-state index contributed by atoms with van der Waals surface area (Å²) in [7, 11) is 0. The molecule has 1 unspecified atom stereocenters. The summed E-state index contributed by atoms with van der Waals surface area (Å²) in [6, 6.07) is -0.159. The van der Waals surface area contributed by atoms with Gasteiger partial charge in [0.2, 0.25) is 0 Å². The summed E-state index contributed by atoms with van der Waals surface area (Å²) in [5, 5.41) is 19.8. The molecule has 1 heterocycles. The smallest absolute Gasteiger partial charge is 0.167 e. The standard InChI is InChI=1S/C8H16N4O/c1-6(2)3-9-7(4-13)8-10-5-11-12-8/h6-7,9,13H,3-5H2,1-2H3. The van der Waals surface area contributed by atoms with E-state index in [1.807, 2.05) is 0 Å². The number of hydrogen-bond acceptors (Lipinski definition) is 5. The van der Waals surface area contributed by atoms with Crippen molar-refractivity contribution in [3.05, 3.63) is 0 Å². The van der Waals surface area contributed by atoms with Crippen molar-refractivity contribution in [1.29, 1.82) is 0 Å². The minimum atomic E-state index is -0.159. The Hall–Kier alpha value is -0.810. The maximum Gasteiger partial charge on any atom is 0.167 e. The molecule has 5 nitrogen and oxygen atoms in total. The van der Waals surface area contributed by atoms with Gasteiger partial charge in [-0.3, -0.25) is 0 Å². The summed E-state index contributed by atoms with van der Waals surface area (Å²) in [5.41, 5.74) is 0. The molecular weight excluding hydrogens is 168 g/mol. The Kier molecular flexibility index (Phi) is 3.98. The van der Waals surface area contributed by atoms with E-state index < -0.39 is 0 Å². The van der Waals surface area contributed by atoms with Crippen molar-refractivity contribution < 1.29 is 5.11 Å². The van der Waals surface area contributed by atoms with Crippen LogP contribution >= 0.6 is 0 Å².